The van der Waals surface area contributed by atoms with Crippen molar-refractivity contribution in [2.24, 2.45) is 0 Å². The SMILES string of the molecule is Clc1ccc(Br)cc1-c1nc(-c2ncn[nH]2)no1. The molecule has 0 unspecified atom stereocenters. The van der Waals surface area contributed by atoms with Crippen LogP contribution >= 0.6 is 27.5 Å². The van der Waals surface area contributed by atoms with Gasteiger partial charge in [0, 0.05) is 4.47 Å². The van der Waals surface area contributed by atoms with E-state index in [4.69, 9.17) is 16.1 Å². The molecule has 0 atom stereocenters. The molecule has 0 aliphatic heterocycles. The summed E-state index contributed by atoms with van der Waals surface area (Å²) < 4.78 is 6.03. The van der Waals surface area contributed by atoms with Gasteiger partial charge in [0.25, 0.3) is 5.89 Å². The molecule has 0 aliphatic carbocycles. The maximum absolute atomic E-state index is 6.08. The van der Waals surface area contributed by atoms with Crippen molar-refractivity contribution in [3.63, 3.8) is 0 Å². The van der Waals surface area contributed by atoms with Crippen LogP contribution in [0, 0.1) is 0 Å². The zero-order valence-corrected chi connectivity index (χ0v) is 11.1. The van der Waals surface area contributed by atoms with E-state index < -0.39 is 0 Å². The number of nitrogens with one attached hydrogen (secondary N) is 1. The number of nitrogens with zero attached hydrogens (tertiary/aromatic N) is 4. The molecular formula is C10H5BrClN5O. The molecular weight excluding hydrogens is 322 g/mol. The number of rotatable bonds is 2. The number of aromatic nitrogens is 5. The Kier molecular flexibility index (Phi) is 2.85. The quantitative estimate of drug-likeness (QED) is 0.783. The maximum atomic E-state index is 6.08. The number of hydrogen-bond donors (Lipinski definition) is 1. The molecule has 0 fully saturated rings. The van der Waals surface area contributed by atoms with Gasteiger partial charge in [-0.05, 0) is 18.2 Å². The molecule has 18 heavy (non-hydrogen) atoms. The predicted molar refractivity (Wildman–Crippen MR) is 67.8 cm³/mol. The Bertz CT molecular complexity index is 681. The van der Waals surface area contributed by atoms with Crippen LogP contribution in [0.5, 0.6) is 0 Å². The van der Waals surface area contributed by atoms with Crippen LogP contribution in [-0.2, 0) is 0 Å². The van der Waals surface area contributed by atoms with Crippen molar-refractivity contribution >= 4 is 27.5 Å². The lowest BCUT2D eigenvalue weighted by atomic mass is 10.2. The summed E-state index contributed by atoms with van der Waals surface area (Å²) in [4.78, 5) is 8.15. The third-order valence-corrected chi connectivity index (χ3v) is 3.03. The standard InChI is InChI=1S/C10H5BrClN5O/c11-5-1-2-7(12)6(3-5)10-15-9(17-18-10)8-13-4-14-16-8/h1-4H,(H,13,14,16). The summed E-state index contributed by atoms with van der Waals surface area (Å²) in [7, 11) is 0. The first-order valence-corrected chi connectivity index (χ1v) is 6.06. The lowest BCUT2D eigenvalue weighted by Gasteiger charge is -1.98. The highest BCUT2D eigenvalue weighted by Crippen LogP contribution is 2.30. The lowest BCUT2D eigenvalue weighted by Crippen LogP contribution is -1.84. The molecule has 90 valence electrons. The third kappa shape index (κ3) is 2.02. The summed E-state index contributed by atoms with van der Waals surface area (Å²) in [6.07, 6.45) is 1.37. The van der Waals surface area contributed by atoms with Gasteiger partial charge in [0.05, 0.1) is 10.6 Å². The van der Waals surface area contributed by atoms with Crippen LogP contribution in [0.3, 0.4) is 0 Å². The zero-order chi connectivity index (χ0) is 12.5. The monoisotopic (exact) mass is 325 g/mol. The van der Waals surface area contributed by atoms with Gasteiger partial charge in [-0.15, -0.1) is 0 Å². The topological polar surface area (TPSA) is 80.5 Å². The van der Waals surface area contributed by atoms with Crippen molar-refractivity contribution in [1.82, 2.24) is 25.3 Å². The minimum Gasteiger partial charge on any atom is -0.333 e. The Morgan fingerprint density at radius 3 is 3.00 bits per heavy atom. The Hall–Kier alpha value is -1.73. The Morgan fingerprint density at radius 2 is 2.22 bits per heavy atom. The fourth-order valence-corrected chi connectivity index (χ4v) is 1.96. The zero-order valence-electron chi connectivity index (χ0n) is 8.76. The summed E-state index contributed by atoms with van der Waals surface area (Å²) in [5.74, 6) is 1.10. The van der Waals surface area contributed by atoms with Crippen LogP contribution < -0.4 is 0 Å². The van der Waals surface area contributed by atoms with Crippen molar-refractivity contribution in [3.05, 3.63) is 34.0 Å². The largest absolute Gasteiger partial charge is 0.333 e. The second kappa shape index (κ2) is 4.51. The highest BCUT2D eigenvalue weighted by molar-refractivity contribution is 9.10. The fourth-order valence-electron chi connectivity index (χ4n) is 1.40. The van der Waals surface area contributed by atoms with E-state index in [-0.39, 0.29) is 0 Å². The van der Waals surface area contributed by atoms with Crippen molar-refractivity contribution in [3.8, 4) is 23.1 Å². The van der Waals surface area contributed by atoms with Crippen LogP contribution in [0.2, 0.25) is 5.02 Å². The van der Waals surface area contributed by atoms with Gasteiger partial charge >= 0.3 is 0 Å². The molecule has 0 saturated heterocycles. The summed E-state index contributed by atoms with van der Waals surface area (Å²) in [5, 5.41) is 10.7. The number of halogens is 2. The van der Waals surface area contributed by atoms with Crippen LogP contribution in [0.4, 0.5) is 0 Å². The van der Waals surface area contributed by atoms with Crippen molar-refractivity contribution in [2.75, 3.05) is 0 Å². The molecule has 1 aromatic carbocycles. The number of aromatic amines is 1. The average molecular weight is 327 g/mol. The average Bonchev–Trinajstić information content (AvgIpc) is 3.00. The molecule has 2 heterocycles. The van der Waals surface area contributed by atoms with Gasteiger partial charge in [-0.25, -0.2) is 4.98 Å². The number of H-pyrrole nitrogens is 1. The molecule has 0 spiro atoms. The van der Waals surface area contributed by atoms with Crippen molar-refractivity contribution in [1.29, 1.82) is 0 Å². The first-order valence-electron chi connectivity index (χ1n) is 4.89. The molecule has 8 heteroatoms. The smallest absolute Gasteiger partial charge is 0.259 e. The van der Waals surface area contributed by atoms with Gasteiger partial charge in [-0.3, -0.25) is 5.10 Å². The molecule has 3 aromatic rings. The maximum Gasteiger partial charge on any atom is 0.259 e. The van der Waals surface area contributed by atoms with Gasteiger partial charge < -0.3 is 4.52 Å². The number of hydrogen-bond acceptors (Lipinski definition) is 5. The van der Waals surface area contributed by atoms with E-state index in [1.807, 2.05) is 6.07 Å². The molecule has 6 nitrogen and oxygen atoms in total. The fraction of sp³-hybridized carbons (Fsp3) is 0. The Morgan fingerprint density at radius 1 is 1.33 bits per heavy atom. The van der Waals surface area contributed by atoms with Crippen LogP contribution in [0.1, 0.15) is 0 Å². The van der Waals surface area contributed by atoms with Gasteiger partial charge in [-0.2, -0.15) is 10.1 Å². The second-order valence-electron chi connectivity index (χ2n) is 3.38. The molecule has 1 N–H and O–H groups in total. The van der Waals surface area contributed by atoms with Gasteiger partial charge in [0.15, 0.2) is 5.82 Å². The van der Waals surface area contributed by atoms with Crippen molar-refractivity contribution < 1.29 is 4.52 Å². The van der Waals surface area contributed by atoms with E-state index >= 15 is 0 Å². The molecule has 0 amide bonds. The minimum atomic E-state index is 0.327. The molecule has 0 radical (unpaired) electrons. The van der Waals surface area contributed by atoms with Gasteiger partial charge in [0.1, 0.15) is 6.33 Å². The highest BCUT2D eigenvalue weighted by atomic mass is 79.9. The van der Waals surface area contributed by atoms with E-state index in [1.165, 1.54) is 6.33 Å². The first kappa shape index (κ1) is 11.4. The second-order valence-corrected chi connectivity index (χ2v) is 4.70. The summed E-state index contributed by atoms with van der Waals surface area (Å²) in [6, 6.07) is 5.39. The Labute approximate surface area is 115 Å². The lowest BCUT2D eigenvalue weighted by molar-refractivity contribution is 0.432. The third-order valence-electron chi connectivity index (χ3n) is 2.21. The van der Waals surface area contributed by atoms with E-state index in [0.29, 0.717) is 28.1 Å². The molecule has 0 bridgehead atoms. The summed E-state index contributed by atoms with van der Waals surface area (Å²) in [5.41, 5.74) is 0.657. The van der Waals surface area contributed by atoms with Gasteiger partial charge in [-0.1, -0.05) is 32.7 Å². The predicted octanol–water partition coefficient (Wildman–Crippen LogP) is 2.94. The van der Waals surface area contributed by atoms with Crippen LogP contribution in [0.25, 0.3) is 23.1 Å². The summed E-state index contributed by atoms with van der Waals surface area (Å²) >= 11 is 9.44. The van der Waals surface area contributed by atoms with Crippen LogP contribution in [-0.4, -0.2) is 25.3 Å². The van der Waals surface area contributed by atoms with E-state index in [2.05, 4.69) is 41.3 Å². The van der Waals surface area contributed by atoms with Crippen LogP contribution in [0.15, 0.2) is 33.5 Å². The normalized spacial score (nSPS) is 10.8. The molecule has 2 aromatic heterocycles. The van der Waals surface area contributed by atoms with E-state index in [0.717, 1.165) is 4.47 Å². The summed E-state index contributed by atoms with van der Waals surface area (Å²) in [6.45, 7) is 0. The van der Waals surface area contributed by atoms with E-state index in [1.54, 1.807) is 12.1 Å². The van der Waals surface area contributed by atoms with Crippen molar-refractivity contribution in [2.45, 2.75) is 0 Å². The highest BCUT2D eigenvalue weighted by Gasteiger charge is 2.15. The minimum absolute atomic E-state index is 0.327. The molecule has 0 aliphatic rings. The molecule has 3 rings (SSSR count). The molecule has 0 saturated carbocycles. The first-order chi connectivity index (χ1) is 8.74. The Balaban J connectivity index is 2.05. The van der Waals surface area contributed by atoms with Gasteiger partial charge in [0.2, 0.25) is 5.82 Å². The van der Waals surface area contributed by atoms with E-state index in [9.17, 15) is 0 Å². The number of benzene rings is 1.